The van der Waals surface area contributed by atoms with Crippen molar-refractivity contribution in [3.8, 4) is 0 Å². The van der Waals surface area contributed by atoms with Crippen LogP contribution in [0.4, 0.5) is 4.39 Å². The van der Waals surface area contributed by atoms with Crippen LogP contribution < -0.4 is 5.32 Å². The van der Waals surface area contributed by atoms with Crippen LogP contribution in [0.3, 0.4) is 0 Å². The van der Waals surface area contributed by atoms with E-state index in [0.29, 0.717) is 47.4 Å². The summed E-state index contributed by atoms with van der Waals surface area (Å²) in [5.74, 6) is -0.872. The third-order valence-corrected chi connectivity index (χ3v) is 5.16. The topological polar surface area (TPSA) is 95.4 Å². The highest BCUT2D eigenvalue weighted by Crippen LogP contribution is 2.21. The first-order valence-electron chi connectivity index (χ1n) is 9.26. The zero-order valence-electron chi connectivity index (χ0n) is 15.3. The molecule has 0 unspecified atom stereocenters. The standard InChI is InChI=1S/C20H17FN6O2/c21-14-3-1-4-15-13(14)9-16(25-15)20(29)26-8-6-12(11-26)24-19(28)17-10-22-18-5-2-7-23-27(17)18/h1-5,7,9-10,12,25H,6,8,11H2,(H,24,28)/t12-/m0/s1. The first kappa shape index (κ1) is 17.4. The second-order valence-electron chi connectivity index (χ2n) is 7.03. The van der Waals surface area contributed by atoms with Gasteiger partial charge in [0.25, 0.3) is 11.8 Å². The number of carbonyl (C=O) groups is 2. The first-order chi connectivity index (χ1) is 14.1. The average molecular weight is 392 g/mol. The number of fused-ring (bicyclic) bond motifs is 2. The molecule has 5 rings (SSSR count). The van der Waals surface area contributed by atoms with Crippen molar-refractivity contribution < 1.29 is 14.0 Å². The van der Waals surface area contributed by atoms with Crippen LogP contribution in [-0.4, -0.2) is 55.4 Å². The van der Waals surface area contributed by atoms with Crippen molar-refractivity contribution in [2.24, 2.45) is 0 Å². The molecule has 0 aliphatic carbocycles. The molecule has 146 valence electrons. The number of aromatic nitrogens is 4. The predicted molar refractivity (Wildman–Crippen MR) is 103 cm³/mol. The van der Waals surface area contributed by atoms with Gasteiger partial charge < -0.3 is 15.2 Å². The van der Waals surface area contributed by atoms with Gasteiger partial charge in [-0.3, -0.25) is 9.59 Å². The van der Waals surface area contributed by atoms with E-state index in [1.807, 2.05) is 0 Å². The lowest BCUT2D eigenvalue weighted by Gasteiger charge is -2.16. The summed E-state index contributed by atoms with van der Waals surface area (Å²) in [5.41, 5.74) is 1.85. The van der Waals surface area contributed by atoms with Crippen molar-refractivity contribution in [3.63, 3.8) is 0 Å². The van der Waals surface area contributed by atoms with Crippen molar-refractivity contribution in [3.05, 3.63) is 66.0 Å². The van der Waals surface area contributed by atoms with E-state index >= 15 is 0 Å². The second kappa shape index (κ2) is 6.69. The van der Waals surface area contributed by atoms with E-state index < -0.39 is 0 Å². The normalized spacial score (nSPS) is 16.6. The summed E-state index contributed by atoms with van der Waals surface area (Å²) in [5, 5.41) is 7.47. The molecule has 1 atom stereocenters. The van der Waals surface area contributed by atoms with E-state index in [1.165, 1.54) is 22.8 Å². The zero-order valence-corrected chi connectivity index (χ0v) is 15.3. The maximum atomic E-state index is 13.9. The van der Waals surface area contributed by atoms with Gasteiger partial charge in [-0.15, -0.1) is 0 Å². The smallest absolute Gasteiger partial charge is 0.271 e. The third-order valence-electron chi connectivity index (χ3n) is 5.16. The number of nitrogens with one attached hydrogen (secondary N) is 2. The minimum atomic E-state index is -0.369. The Labute approximate surface area is 164 Å². The van der Waals surface area contributed by atoms with Gasteiger partial charge in [0, 0.05) is 36.2 Å². The summed E-state index contributed by atoms with van der Waals surface area (Å²) >= 11 is 0. The van der Waals surface area contributed by atoms with Gasteiger partial charge >= 0.3 is 0 Å². The maximum Gasteiger partial charge on any atom is 0.271 e. The molecule has 0 radical (unpaired) electrons. The Balaban J connectivity index is 1.28. The van der Waals surface area contributed by atoms with Gasteiger partial charge in [-0.25, -0.2) is 13.9 Å². The molecule has 4 heterocycles. The monoisotopic (exact) mass is 392 g/mol. The molecule has 8 nitrogen and oxygen atoms in total. The van der Waals surface area contributed by atoms with Crippen LogP contribution in [0.15, 0.2) is 48.8 Å². The molecule has 1 saturated heterocycles. The van der Waals surface area contributed by atoms with E-state index in [2.05, 4.69) is 20.4 Å². The fourth-order valence-corrected chi connectivity index (χ4v) is 3.71. The molecule has 4 aromatic rings. The van der Waals surface area contributed by atoms with Crippen molar-refractivity contribution in [2.75, 3.05) is 13.1 Å². The lowest BCUT2D eigenvalue weighted by atomic mass is 10.2. The molecule has 1 fully saturated rings. The zero-order chi connectivity index (χ0) is 20.0. The molecule has 1 aliphatic rings. The second-order valence-corrected chi connectivity index (χ2v) is 7.03. The number of aromatic amines is 1. The lowest BCUT2D eigenvalue weighted by Crippen LogP contribution is -2.39. The number of H-pyrrole nitrogens is 1. The van der Waals surface area contributed by atoms with E-state index in [9.17, 15) is 14.0 Å². The van der Waals surface area contributed by atoms with Gasteiger partial charge in [0.2, 0.25) is 0 Å². The highest BCUT2D eigenvalue weighted by Gasteiger charge is 2.29. The van der Waals surface area contributed by atoms with Gasteiger partial charge in [0.1, 0.15) is 17.2 Å². The SMILES string of the molecule is O=C(N[C@H]1CCN(C(=O)c2cc3c(F)cccc3[nH]2)C1)c1cnc2cccnn12. The quantitative estimate of drug-likeness (QED) is 0.557. The molecule has 2 amide bonds. The van der Waals surface area contributed by atoms with Crippen LogP contribution in [0.25, 0.3) is 16.6 Å². The van der Waals surface area contributed by atoms with Gasteiger partial charge in [0.15, 0.2) is 5.65 Å². The summed E-state index contributed by atoms with van der Waals surface area (Å²) in [7, 11) is 0. The highest BCUT2D eigenvalue weighted by molar-refractivity contribution is 5.98. The molecule has 0 saturated carbocycles. The maximum absolute atomic E-state index is 13.9. The summed E-state index contributed by atoms with van der Waals surface area (Å²) in [6.07, 6.45) is 3.70. The Morgan fingerprint density at radius 1 is 1.24 bits per heavy atom. The van der Waals surface area contributed by atoms with E-state index in [4.69, 9.17) is 0 Å². The van der Waals surface area contributed by atoms with Crippen LogP contribution in [0.2, 0.25) is 0 Å². The van der Waals surface area contributed by atoms with Gasteiger partial charge in [0.05, 0.1) is 6.20 Å². The Bertz CT molecular complexity index is 1250. The number of halogens is 1. The van der Waals surface area contributed by atoms with Crippen molar-refractivity contribution in [1.29, 1.82) is 0 Å². The largest absolute Gasteiger partial charge is 0.350 e. The van der Waals surface area contributed by atoms with E-state index in [0.717, 1.165) is 0 Å². The van der Waals surface area contributed by atoms with Crippen LogP contribution in [-0.2, 0) is 0 Å². The van der Waals surface area contributed by atoms with E-state index in [1.54, 1.807) is 35.4 Å². The fourth-order valence-electron chi connectivity index (χ4n) is 3.71. The minimum absolute atomic E-state index is 0.179. The molecule has 0 spiro atoms. The number of imidazole rings is 1. The van der Waals surface area contributed by atoms with Crippen LogP contribution in [0.1, 0.15) is 27.4 Å². The lowest BCUT2D eigenvalue weighted by molar-refractivity contribution is 0.0778. The number of nitrogens with zero attached hydrogens (tertiary/aromatic N) is 4. The number of benzene rings is 1. The molecule has 3 aromatic heterocycles. The van der Waals surface area contributed by atoms with Crippen molar-refractivity contribution in [2.45, 2.75) is 12.5 Å². The molecule has 1 aliphatic heterocycles. The third kappa shape index (κ3) is 3.00. The Hall–Kier alpha value is -3.75. The highest BCUT2D eigenvalue weighted by atomic mass is 19.1. The van der Waals surface area contributed by atoms with Crippen molar-refractivity contribution >= 4 is 28.4 Å². The Kier molecular flexibility index (Phi) is 4.01. The van der Waals surface area contributed by atoms with Gasteiger partial charge in [-0.05, 0) is 36.8 Å². The summed E-state index contributed by atoms with van der Waals surface area (Å²) in [4.78, 5) is 34.2. The average Bonchev–Trinajstić information content (AvgIpc) is 3.45. The molecule has 0 bridgehead atoms. The first-order valence-corrected chi connectivity index (χ1v) is 9.26. The van der Waals surface area contributed by atoms with Crippen LogP contribution >= 0.6 is 0 Å². The number of carbonyl (C=O) groups excluding carboxylic acids is 2. The number of rotatable bonds is 3. The number of likely N-dealkylation sites (tertiary alicyclic amines) is 1. The van der Waals surface area contributed by atoms with Gasteiger partial charge in [-0.2, -0.15) is 5.10 Å². The molecule has 2 N–H and O–H groups in total. The fraction of sp³-hybridized carbons (Fsp3) is 0.200. The Morgan fingerprint density at radius 3 is 3.00 bits per heavy atom. The molecule has 9 heteroatoms. The summed E-state index contributed by atoms with van der Waals surface area (Å²) < 4.78 is 15.4. The van der Waals surface area contributed by atoms with Crippen molar-refractivity contribution in [1.82, 2.24) is 29.8 Å². The Morgan fingerprint density at radius 2 is 2.14 bits per heavy atom. The number of hydrogen-bond donors (Lipinski definition) is 2. The molecular formula is C20H17FN6O2. The summed E-state index contributed by atoms with van der Waals surface area (Å²) in [6.45, 7) is 0.889. The molecular weight excluding hydrogens is 375 g/mol. The number of amides is 2. The summed E-state index contributed by atoms with van der Waals surface area (Å²) in [6, 6.07) is 9.56. The van der Waals surface area contributed by atoms with Crippen LogP contribution in [0.5, 0.6) is 0 Å². The van der Waals surface area contributed by atoms with E-state index in [-0.39, 0.29) is 23.7 Å². The molecule has 29 heavy (non-hydrogen) atoms. The van der Waals surface area contributed by atoms with Gasteiger partial charge in [-0.1, -0.05) is 6.07 Å². The van der Waals surface area contributed by atoms with Crippen LogP contribution in [0, 0.1) is 5.82 Å². The number of hydrogen-bond acceptors (Lipinski definition) is 4. The molecule has 1 aromatic carbocycles. The minimum Gasteiger partial charge on any atom is -0.350 e. The predicted octanol–water partition coefficient (Wildman–Crippen LogP) is 1.99.